The number of halogens is 1. The van der Waals surface area contributed by atoms with E-state index in [9.17, 15) is 4.79 Å². The van der Waals surface area contributed by atoms with Gasteiger partial charge in [-0.1, -0.05) is 54.1 Å². The Kier molecular flexibility index (Phi) is 3.42. The predicted molar refractivity (Wildman–Crippen MR) is 87.9 cm³/mol. The van der Waals surface area contributed by atoms with Crippen molar-refractivity contribution in [3.8, 4) is 0 Å². The minimum Gasteiger partial charge on any atom is -0.349 e. The van der Waals surface area contributed by atoms with E-state index in [0.29, 0.717) is 0 Å². The molecule has 112 valence electrons. The van der Waals surface area contributed by atoms with Crippen LogP contribution in [0.1, 0.15) is 41.5 Å². The molecule has 3 heteroatoms. The molecule has 2 aromatic rings. The molecule has 3 atom stereocenters. The van der Waals surface area contributed by atoms with Crippen LogP contribution in [-0.4, -0.2) is 5.91 Å². The average Bonchev–Trinajstić information content (AvgIpc) is 3.24. The Morgan fingerprint density at radius 2 is 1.77 bits per heavy atom. The van der Waals surface area contributed by atoms with Crippen LogP contribution in [0.25, 0.3) is 0 Å². The Labute approximate surface area is 135 Å². The summed E-state index contributed by atoms with van der Waals surface area (Å²) in [6, 6.07) is 16.4. The van der Waals surface area contributed by atoms with Gasteiger partial charge in [-0.2, -0.15) is 0 Å². The van der Waals surface area contributed by atoms with Crippen LogP contribution < -0.4 is 5.32 Å². The highest BCUT2D eigenvalue weighted by atomic mass is 35.5. The number of rotatable bonds is 3. The van der Waals surface area contributed by atoms with E-state index >= 15 is 0 Å². The average molecular weight is 312 g/mol. The van der Waals surface area contributed by atoms with Gasteiger partial charge in [-0.15, -0.1) is 0 Å². The molecule has 0 bridgehead atoms. The van der Waals surface area contributed by atoms with Crippen LogP contribution in [0.3, 0.4) is 0 Å². The lowest BCUT2D eigenvalue weighted by atomic mass is 10.1. The maximum atomic E-state index is 12.5. The fraction of sp³-hybridized carbons (Fsp3) is 0.316. The van der Waals surface area contributed by atoms with Crippen LogP contribution >= 0.6 is 11.6 Å². The second-order valence-corrected chi connectivity index (χ2v) is 6.68. The van der Waals surface area contributed by atoms with Crippen molar-refractivity contribution in [3.05, 3.63) is 70.2 Å². The van der Waals surface area contributed by atoms with Gasteiger partial charge in [-0.25, -0.2) is 0 Å². The van der Waals surface area contributed by atoms with Crippen LogP contribution in [0.2, 0.25) is 5.02 Å². The number of carbonyl (C=O) groups excluding carboxylic acids is 1. The van der Waals surface area contributed by atoms with Crippen molar-refractivity contribution in [2.75, 3.05) is 0 Å². The summed E-state index contributed by atoms with van der Waals surface area (Å²) in [6.45, 7) is 0. The normalized spacial score (nSPS) is 25.6. The molecule has 22 heavy (non-hydrogen) atoms. The van der Waals surface area contributed by atoms with Gasteiger partial charge in [0.25, 0.3) is 0 Å². The molecule has 2 aromatic carbocycles. The van der Waals surface area contributed by atoms with Crippen LogP contribution in [-0.2, 0) is 11.2 Å². The van der Waals surface area contributed by atoms with E-state index in [2.05, 4.69) is 23.5 Å². The number of carbonyl (C=O) groups is 1. The molecule has 2 aliphatic carbocycles. The summed E-state index contributed by atoms with van der Waals surface area (Å²) in [5, 5.41) is 4.01. The number of amides is 1. The second kappa shape index (κ2) is 5.44. The van der Waals surface area contributed by atoms with Gasteiger partial charge in [0.15, 0.2) is 0 Å². The minimum absolute atomic E-state index is 0.0765. The number of benzene rings is 2. The highest BCUT2D eigenvalue weighted by Crippen LogP contribution is 2.50. The number of fused-ring (bicyclic) bond motifs is 1. The standard InChI is InChI=1S/C19H18ClNO/c20-17-8-4-3-7-14(17)15-11-16(15)19(22)21-18-10-9-12-5-1-2-6-13(12)18/h1-8,15-16,18H,9-11H2,(H,21,22). The van der Waals surface area contributed by atoms with Crippen molar-refractivity contribution in [2.45, 2.75) is 31.2 Å². The van der Waals surface area contributed by atoms with Crippen molar-refractivity contribution in [3.63, 3.8) is 0 Å². The van der Waals surface area contributed by atoms with Crippen molar-refractivity contribution in [2.24, 2.45) is 5.92 Å². The van der Waals surface area contributed by atoms with E-state index < -0.39 is 0 Å². The van der Waals surface area contributed by atoms with E-state index in [0.717, 1.165) is 29.8 Å². The number of nitrogens with one attached hydrogen (secondary N) is 1. The summed E-state index contributed by atoms with van der Waals surface area (Å²) in [5.74, 6) is 0.532. The molecule has 0 radical (unpaired) electrons. The maximum absolute atomic E-state index is 12.5. The van der Waals surface area contributed by atoms with Crippen molar-refractivity contribution < 1.29 is 4.79 Å². The van der Waals surface area contributed by atoms with Crippen molar-refractivity contribution in [1.29, 1.82) is 0 Å². The summed E-state index contributed by atoms with van der Waals surface area (Å²) in [7, 11) is 0. The number of hydrogen-bond acceptors (Lipinski definition) is 1. The first kappa shape index (κ1) is 13.8. The molecular weight excluding hydrogens is 294 g/mol. The fourth-order valence-corrected chi connectivity index (χ4v) is 3.87. The van der Waals surface area contributed by atoms with Gasteiger partial charge < -0.3 is 5.32 Å². The van der Waals surface area contributed by atoms with E-state index in [1.807, 2.05) is 30.3 Å². The Hall–Kier alpha value is -1.80. The van der Waals surface area contributed by atoms with Gasteiger partial charge in [0, 0.05) is 10.9 Å². The third-order valence-corrected chi connectivity index (χ3v) is 5.23. The number of hydrogen-bond donors (Lipinski definition) is 1. The van der Waals surface area contributed by atoms with Crippen molar-refractivity contribution >= 4 is 17.5 Å². The lowest BCUT2D eigenvalue weighted by molar-refractivity contribution is -0.123. The van der Waals surface area contributed by atoms with Crippen LogP contribution in [0.15, 0.2) is 48.5 Å². The van der Waals surface area contributed by atoms with E-state index in [1.165, 1.54) is 11.1 Å². The summed E-state index contributed by atoms with van der Waals surface area (Å²) < 4.78 is 0. The maximum Gasteiger partial charge on any atom is 0.224 e. The molecule has 2 nitrogen and oxygen atoms in total. The summed E-state index contributed by atoms with van der Waals surface area (Å²) >= 11 is 6.23. The molecular formula is C19H18ClNO. The molecule has 1 saturated carbocycles. The van der Waals surface area contributed by atoms with Gasteiger partial charge >= 0.3 is 0 Å². The largest absolute Gasteiger partial charge is 0.349 e. The second-order valence-electron chi connectivity index (χ2n) is 6.27. The quantitative estimate of drug-likeness (QED) is 0.902. The zero-order valence-corrected chi connectivity index (χ0v) is 13.0. The highest BCUT2D eigenvalue weighted by molar-refractivity contribution is 6.31. The molecule has 0 saturated heterocycles. The Morgan fingerprint density at radius 3 is 2.59 bits per heavy atom. The first-order valence-corrected chi connectivity index (χ1v) is 8.24. The molecule has 0 aliphatic heterocycles. The topological polar surface area (TPSA) is 29.1 Å². The zero-order valence-electron chi connectivity index (χ0n) is 12.3. The van der Waals surface area contributed by atoms with Gasteiger partial charge in [0.1, 0.15) is 0 Å². The van der Waals surface area contributed by atoms with Crippen LogP contribution in [0, 0.1) is 5.92 Å². The molecule has 0 aromatic heterocycles. The Bertz CT molecular complexity index is 727. The number of aryl methyl sites for hydroxylation is 1. The molecule has 1 amide bonds. The summed E-state index contributed by atoms with van der Waals surface area (Å²) in [6.07, 6.45) is 2.97. The molecule has 0 heterocycles. The van der Waals surface area contributed by atoms with Crippen LogP contribution in [0.5, 0.6) is 0 Å². The van der Waals surface area contributed by atoms with Gasteiger partial charge in [0.2, 0.25) is 5.91 Å². The highest BCUT2D eigenvalue weighted by Gasteiger charge is 2.45. The molecule has 0 spiro atoms. The molecule has 1 fully saturated rings. The predicted octanol–water partition coefficient (Wildman–Crippen LogP) is 4.25. The summed E-state index contributed by atoms with van der Waals surface area (Å²) in [4.78, 5) is 12.5. The SMILES string of the molecule is O=C(NC1CCc2ccccc21)C1CC1c1ccccc1Cl. The van der Waals surface area contributed by atoms with Gasteiger partial charge in [-0.05, 0) is 47.9 Å². The first-order chi connectivity index (χ1) is 10.7. The van der Waals surface area contributed by atoms with E-state index in [1.54, 1.807) is 0 Å². The third kappa shape index (κ3) is 2.42. The van der Waals surface area contributed by atoms with Crippen LogP contribution in [0.4, 0.5) is 0 Å². The fourth-order valence-electron chi connectivity index (χ4n) is 3.59. The molecule has 2 aliphatic rings. The van der Waals surface area contributed by atoms with E-state index in [-0.39, 0.29) is 23.8 Å². The van der Waals surface area contributed by atoms with Gasteiger partial charge in [-0.3, -0.25) is 4.79 Å². The van der Waals surface area contributed by atoms with Gasteiger partial charge in [0.05, 0.1) is 6.04 Å². The smallest absolute Gasteiger partial charge is 0.224 e. The Morgan fingerprint density at radius 1 is 1.05 bits per heavy atom. The third-order valence-electron chi connectivity index (χ3n) is 4.88. The lowest BCUT2D eigenvalue weighted by Gasteiger charge is -2.14. The molecule has 3 unspecified atom stereocenters. The van der Waals surface area contributed by atoms with Crippen molar-refractivity contribution in [1.82, 2.24) is 5.32 Å². The monoisotopic (exact) mass is 311 g/mol. The summed E-state index contributed by atoms with van der Waals surface area (Å²) in [5.41, 5.74) is 3.76. The molecule has 1 N–H and O–H groups in total. The van der Waals surface area contributed by atoms with E-state index in [4.69, 9.17) is 11.6 Å². The lowest BCUT2D eigenvalue weighted by Crippen LogP contribution is -2.28. The minimum atomic E-state index is 0.0765. The first-order valence-electron chi connectivity index (χ1n) is 7.86. The zero-order chi connectivity index (χ0) is 15.1. The Balaban J connectivity index is 1.44. The molecule has 4 rings (SSSR count).